The molecule has 0 atom stereocenters. The van der Waals surface area contributed by atoms with Gasteiger partial charge in [0, 0.05) is 43.0 Å². The number of benzene rings is 2. The summed E-state index contributed by atoms with van der Waals surface area (Å²) < 4.78 is 0. The fraction of sp³-hybridized carbons (Fsp3) is 0.364. The number of aromatic hydroxyl groups is 1. The van der Waals surface area contributed by atoms with Crippen molar-refractivity contribution >= 4 is 23.3 Å². The van der Waals surface area contributed by atoms with Crippen LogP contribution >= 0.6 is 0 Å². The number of hydrogen-bond acceptors (Lipinski definition) is 4. The van der Waals surface area contributed by atoms with Crippen molar-refractivity contribution in [1.82, 2.24) is 10.2 Å². The molecule has 0 bridgehead atoms. The predicted octanol–water partition coefficient (Wildman–Crippen LogP) is 3.27. The number of nitrogens with zero attached hydrogens (tertiary/aromatic N) is 2. The lowest BCUT2D eigenvalue weighted by atomic mass is 10.1. The van der Waals surface area contributed by atoms with E-state index in [1.54, 1.807) is 41.3 Å². The van der Waals surface area contributed by atoms with Gasteiger partial charge in [0.2, 0.25) is 0 Å². The predicted molar refractivity (Wildman–Crippen MR) is 115 cm³/mol. The third kappa shape index (κ3) is 5.40. The molecule has 0 unspecified atom stereocenters. The first-order valence-corrected chi connectivity index (χ1v) is 9.74. The van der Waals surface area contributed by atoms with E-state index in [-0.39, 0.29) is 23.2 Å². The van der Waals surface area contributed by atoms with Gasteiger partial charge in [-0.2, -0.15) is 0 Å². The van der Waals surface area contributed by atoms with Gasteiger partial charge in [0.25, 0.3) is 5.91 Å². The molecule has 2 aromatic carbocycles. The standard InChI is InChI=1S/C22H28N4O3/c1-22(2,3)24-20(28)16-7-6-8-17(15-16)23-21(29)26-13-11-25(12-14-26)18-9-4-5-10-19(18)27/h4-10,15,27H,11-14H2,1-3H3,(H,23,29)(H,24,28). The van der Waals surface area contributed by atoms with Crippen LogP contribution in [-0.2, 0) is 0 Å². The van der Waals surface area contributed by atoms with Crippen LogP contribution in [0.2, 0.25) is 0 Å². The molecule has 154 valence electrons. The Morgan fingerprint density at radius 3 is 2.31 bits per heavy atom. The number of phenols is 1. The van der Waals surface area contributed by atoms with Crippen molar-refractivity contribution in [2.24, 2.45) is 0 Å². The molecule has 1 saturated heterocycles. The zero-order valence-corrected chi connectivity index (χ0v) is 17.1. The number of para-hydroxylation sites is 2. The average molecular weight is 396 g/mol. The van der Waals surface area contributed by atoms with E-state index in [0.717, 1.165) is 5.69 Å². The first-order valence-electron chi connectivity index (χ1n) is 9.74. The van der Waals surface area contributed by atoms with Crippen LogP contribution < -0.4 is 15.5 Å². The number of carbonyl (C=O) groups excluding carboxylic acids is 2. The summed E-state index contributed by atoms with van der Waals surface area (Å²) in [6.45, 7) is 8.13. The second kappa shape index (κ2) is 8.43. The molecule has 1 heterocycles. The summed E-state index contributed by atoms with van der Waals surface area (Å²) in [6, 6.07) is 13.9. The summed E-state index contributed by atoms with van der Waals surface area (Å²) in [5.74, 6) is 0.0700. The number of piperazine rings is 1. The van der Waals surface area contributed by atoms with Crippen LogP contribution in [0.3, 0.4) is 0 Å². The minimum Gasteiger partial charge on any atom is -0.506 e. The number of amides is 3. The van der Waals surface area contributed by atoms with Crippen molar-refractivity contribution in [3.8, 4) is 5.75 Å². The Morgan fingerprint density at radius 1 is 0.966 bits per heavy atom. The number of nitrogens with one attached hydrogen (secondary N) is 2. The van der Waals surface area contributed by atoms with Gasteiger partial charge >= 0.3 is 6.03 Å². The van der Waals surface area contributed by atoms with Crippen LogP contribution in [0.15, 0.2) is 48.5 Å². The number of phenolic OH excluding ortho intramolecular Hbond substituents is 1. The number of urea groups is 1. The molecule has 1 aliphatic rings. The van der Waals surface area contributed by atoms with Crippen LogP contribution in [0, 0.1) is 0 Å². The van der Waals surface area contributed by atoms with Crippen molar-refractivity contribution in [3.05, 3.63) is 54.1 Å². The molecule has 7 heteroatoms. The smallest absolute Gasteiger partial charge is 0.321 e. The SMILES string of the molecule is CC(C)(C)NC(=O)c1cccc(NC(=O)N2CCN(c3ccccc3O)CC2)c1. The van der Waals surface area contributed by atoms with E-state index in [1.807, 2.05) is 32.9 Å². The van der Waals surface area contributed by atoms with E-state index >= 15 is 0 Å². The molecule has 29 heavy (non-hydrogen) atoms. The third-order valence-electron chi connectivity index (χ3n) is 4.65. The molecule has 3 amide bonds. The van der Waals surface area contributed by atoms with E-state index in [0.29, 0.717) is 37.4 Å². The van der Waals surface area contributed by atoms with Crippen molar-refractivity contribution in [2.45, 2.75) is 26.3 Å². The Balaban J connectivity index is 1.58. The summed E-state index contributed by atoms with van der Waals surface area (Å²) in [5.41, 5.74) is 1.54. The molecule has 3 rings (SSSR count). The number of anilines is 2. The molecule has 7 nitrogen and oxygen atoms in total. The zero-order valence-electron chi connectivity index (χ0n) is 17.1. The molecular formula is C22H28N4O3. The van der Waals surface area contributed by atoms with Gasteiger partial charge in [-0.3, -0.25) is 4.79 Å². The third-order valence-corrected chi connectivity index (χ3v) is 4.65. The van der Waals surface area contributed by atoms with Gasteiger partial charge in [-0.05, 0) is 51.1 Å². The fourth-order valence-electron chi connectivity index (χ4n) is 3.24. The fourth-order valence-corrected chi connectivity index (χ4v) is 3.24. The van der Waals surface area contributed by atoms with Gasteiger partial charge in [-0.15, -0.1) is 0 Å². The highest BCUT2D eigenvalue weighted by atomic mass is 16.3. The zero-order chi connectivity index (χ0) is 21.0. The topological polar surface area (TPSA) is 84.9 Å². The maximum Gasteiger partial charge on any atom is 0.321 e. The van der Waals surface area contributed by atoms with E-state index in [9.17, 15) is 14.7 Å². The van der Waals surface area contributed by atoms with E-state index in [4.69, 9.17) is 0 Å². The van der Waals surface area contributed by atoms with Gasteiger partial charge in [0.1, 0.15) is 5.75 Å². The molecule has 0 aromatic heterocycles. The van der Waals surface area contributed by atoms with Crippen molar-refractivity contribution in [1.29, 1.82) is 0 Å². The number of rotatable bonds is 3. The van der Waals surface area contributed by atoms with Gasteiger partial charge in [0.05, 0.1) is 5.69 Å². The highest BCUT2D eigenvalue weighted by Gasteiger charge is 2.23. The summed E-state index contributed by atoms with van der Waals surface area (Å²) in [7, 11) is 0. The van der Waals surface area contributed by atoms with Gasteiger partial charge in [-0.1, -0.05) is 18.2 Å². The van der Waals surface area contributed by atoms with E-state index in [1.165, 1.54) is 0 Å². The first-order chi connectivity index (χ1) is 13.7. The van der Waals surface area contributed by atoms with Crippen LogP contribution in [0.4, 0.5) is 16.2 Å². The summed E-state index contributed by atoms with van der Waals surface area (Å²) in [6.07, 6.45) is 0. The van der Waals surface area contributed by atoms with Crippen LogP contribution in [-0.4, -0.2) is 53.7 Å². The maximum atomic E-state index is 12.6. The first kappa shape index (κ1) is 20.5. The molecule has 0 saturated carbocycles. The Hall–Kier alpha value is -3.22. The second-order valence-corrected chi connectivity index (χ2v) is 8.18. The van der Waals surface area contributed by atoms with Crippen molar-refractivity contribution in [2.75, 3.05) is 36.4 Å². The monoisotopic (exact) mass is 396 g/mol. The number of hydrogen-bond donors (Lipinski definition) is 3. The lowest BCUT2D eigenvalue weighted by Crippen LogP contribution is -2.50. The molecule has 0 radical (unpaired) electrons. The number of carbonyl (C=O) groups is 2. The molecule has 1 aliphatic heterocycles. The average Bonchev–Trinajstić information content (AvgIpc) is 2.67. The lowest BCUT2D eigenvalue weighted by Gasteiger charge is -2.36. The van der Waals surface area contributed by atoms with E-state index < -0.39 is 0 Å². The van der Waals surface area contributed by atoms with Crippen molar-refractivity contribution < 1.29 is 14.7 Å². The summed E-state index contributed by atoms with van der Waals surface area (Å²) in [4.78, 5) is 28.8. The summed E-state index contributed by atoms with van der Waals surface area (Å²) in [5, 5.41) is 15.8. The highest BCUT2D eigenvalue weighted by molar-refractivity contribution is 5.97. The Labute approximate surface area is 171 Å². The highest BCUT2D eigenvalue weighted by Crippen LogP contribution is 2.27. The molecule has 0 aliphatic carbocycles. The molecule has 0 spiro atoms. The second-order valence-electron chi connectivity index (χ2n) is 8.18. The Kier molecular flexibility index (Phi) is 5.96. The summed E-state index contributed by atoms with van der Waals surface area (Å²) >= 11 is 0. The molecule has 3 N–H and O–H groups in total. The minimum atomic E-state index is -0.330. The Morgan fingerprint density at radius 2 is 1.66 bits per heavy atom. The molecule has 2 aromatic rings. The van der Waals surface area contributed by atoms with Crippen LogP contribution in [0.5, 0.6) is 5.75 Å². The van der Waals surface area contributed by atoms with Crippen molar-refractivity contribution in [3.63, 3.8) is 0 Å². The molecular weight excluding hydrogens is 368 g/mol. The lowest BCUT2D eigenvalue weighted by molar-refractivity contribution is 0.0919. The normalized spacial score (nSPS) is 14.4. The largest absolute Gasteiger partial charge is 0.506 e. The molecule has 1 fully saturated rings. The van der Waals surface area contributed by atoms with Gasteiger partial charge in [-0.25, -0.2) is 4.79 Å². The van der Waals surface area contributed by atoms with E-state index in [2.05, 4.69) is 15.5 Å². The minimum absolute atomic E-state index is 0.176. The van der Waals surface area contributed by atoms with Gasteiger partial charge < -0.3 is 25.5 Å². The Bertz CT molecular complexity index is 884. The maximum absolute atomic E-state index is 12.6. The quantitative estimate of drug-likeness (QED) is 0.743. The van der Waals surface area contributed by atoms with Crippen LogP contribution in [0.1, 0.15) is 31.1 Å². The van der Waals surface area contributed by atoms with Crippen LogP contribution in [0.25, 0.3) is 0 Å². The van der Waals surface area contributed by atoms with Gasteiger partial charge in [0.15, 0.2) is 0 Å².